The van der Waals surface area contributed by atoms with E-state index in [2.05, 4.69) is 28.1 Å². The molecule has 0 bridgehead atoms. The predicted octanol–water partition coefficient (Wildman–Crippen LogP) is 3.94. The van der Waals surface area contributed by atoms with Gasteiger partial charge in [0.1, 0.15) is 5.69 Å². The number of hydrogen-bond acceptors (Lipinski definition) is 2. The number of hydrogen-bond donors (Lipinski definition) is 0. The van der Waals surface area contributed by atoms with Gasteiger partial charge in [-0.25, -0.2) is 4.79 Å². The number of aromatic nitrogens is 1. The fourth-order valence-corrected chi connectivity index (χ4v) is 2.72. The smallest absolute Gasteiger partial charge is 0.354 e. The molecule has 0 saturated carbocycles. The van der Waals surface area contributed by atoms with Crippen LogP contribution in [0.5, 0.6) is 0 Å². The van der Waals surface area contributed by atoms with E-state index in [1.165, 1.54) is 5.56 Å². The quantitative estimate of drug-likeness (QED) is 0.802. The summed E-state index contributed by atoms with van der Waals surface area (Å²) in [7, 11) is 1.87. The normalized spacial score (nSPS) is 10.5. The third kappa shape index (κ3) is 2.73. The summed E-state index contributed by atoms with van der Waals surface area (Å²) >= 11 is 3.51. The molecule has 0 aliphatic carbocycles. The lowest BCUT2D eigenvalue weighted by Gasteiger charge is -2.08. The van der Waals surface area contributed by atoms with Gasteiger partial charge < -0.3 is 9.30 Å². The minimum atomic E-state index is -0.302. The van der Waals surface area contributed by atoms with Crippen molar-refractivity contribution in [1.29, 1.82) is 0 Å². The molecule has 1 aromatic heterocycles. The molecule has 0 aliphatic rings. The summed E-state index contributed by atoms with van der Waals surface area (Å²) in [6, 6.07) is 10.00. The van der Waals surface area contributed by atoms with Crippen molar-refractivity contribution >= 4 is 21.9 Å². The van der Waals surface area contributed by atoms with Crippen LogP contribution in [0.15, 0.2) is 34.8 Å². The van der Waals surface area contributed by atoms with Gasteiger partial charge in [0.25, 0.3) is 0 Å². The second kappa shape index (κ2) is 5.61. The molecule has 0 fully saturated rings. The Bertz CT molecular complexity index is 599. The van der Waals surface area contributed by atoms with Crippen LogP contribution in [0.1, 0.15) is 23.0 Å². The predicted molar refractivity (Wildman–Crippen MR) is 79.2 cm³/mol. The van der Waals surface area contributed by atoms with Crippen LogP contribution in [0.4, 0.5) is 0 Å². The lowest BCUT2D eigenvalue weighted by atomic mass is 10.1. The Labute approximate surface area is 121 Å². The zero-order chi connectivity index (χ0) is 14.0. The summed E-state index contributed by atoms with van der Waals surface area (Å²) in [5, 5.41) is 0. The summed E-state index contributed by atoms with van der Waals surface area (Å²) in [6.07, 6.45) is 0. The molecule has 19 heavy (non-hydrogen) atoms. The van der Waals surface area contributed by atoms with Crippen LogP contribution in [-0.4, -0.2) is 17.1 Å². The van der Waals surface area contributed by atoms with E-state index in [0.717, 1.165) is 15.7 Å². The first-order valence-corrected chi connectivity index (χ1v) is 6.93. The molecule has 0 atom stereocenters. The number of carbonyl (C=O) groups is 1. The van der Waals surface area contributed by atoms with Gasteiger partial charge in [0.2, 0.25) is 0 Å². The first-order valence-electron chi connectivity index (χ1n) is 6.14. The van der Waals surface area contributed by atoms with E-state index in [9.17, 15) is 4.79 Å². The third-order valence-corrected chi connectivity index (χ3v) is 3.60. The number of rotatable bonds is 3. The van der Waals surface area contributed by atoms with E-state index in [1.807, 2.05) is 30.7 Å². The maximum Gasteiger partial charge on any atom is 0.354 e. The maximum absolute atomic E-state index is 11.9. The zero-order valence-corrected chi connectivity index (χ0v) is 12.8. The second-order valence-corrected chi connectivity index (χ2v) is 5.23. The average Bonchev–Trinajstić information content (AvgIpc) is 2.67. The van der Waals surface area contributed by atoms with Gasteiger partial charge in [0, 0.05) is 11.5 Å². The van der Waals surface area contributed by atoms with Crippen LogP contribution in [0.2, 0.25) is 0 Å². The molecule has 0 amide bonds. The van der Waals surface area contributed by atoms with E-state index < -0.39 is 0 Å². The van der Waals surface area contributed by atoms with Gasteiger partial charge in [0.15, 0.2) is 0 Å². The monoisotopic (exact) mass is 321 g/mol. The molecule has 0 unspecified atom stereocenters. The number of benzene rings is 1. The Kier molecular flexibility index (Phi) is 4.10. The molecule has 3 nitrogen and oxygen atoms in total. The van der Waals surface area contributed by atoms with Gasteiger partial charge in [-0.15, -0.1) is 0 Å². The number of ether oxygens (including phenoxy) is 1. The molecule has 4 heteroatoms. The summed E-state index contributed by atoms with van der Waals surface area (Å²) in [5.74, 6) is -0.302. The van der Waals surface area contributed by atoms with Crippen molar-refractivity contribution < 1.29 is 9.53 Å². The highest BCUT2D eigenvalue weighted by Crippen LogP contribution is 2.31. The van der Waals surface area contributed by atoms with Crippen LogP contribution in [-0.2, 0) is 11.8 Å². The lowest BCUT2D eigenvalue weighted by molar-refractivity contribution is 0.0515. The highest BCUT2D eigenvalue weighted by molar-refractivity contribution is 9.10. The van der Waals surface area contributed by atoms with Crippen molar-refractivity contribution in [2.75, 3.05) is 6.61 Å². The Morgan fingerprint density at radius 1 is 1.32 bits per heavy atom. The highest BCUT2D eigenvalue weighted by atomic mass is 79.9. The van der Waals surface area contributed by atoms with Crippen LogP contribution in [0.25, 0.3) is 11.3 Å². The number of nitrogens with zero attached hydrogens (tertiary/aromatic N) is 1. The molecule has 1 heterocycles. The Morgan fingerprint density at radius 2 is 1.95 bits per heavy atom. The molecule has 0 aliphatic heterocycles. The maximum atomic E-state index is 11.9. The van der Waals surface area contributed by atoms with Crippen molar-refractivity contribution in [3.63, 3.8) is 0 Å². The Hall–Kier alpha value is -1.55. The third-order valence-electron chi connectivity index (χ3n) is 3.00. The molecular weight excluding hydrogens is 306 g/mol. The van der Waals surface area contributed by atoms with E-state index in [0.29, 0.717) is 12.3 Å². The number of halogens is 1. The molecule has 2 aromatic rings. The van der Waals surface area contributed by atoms with Crippen LogP contribution >= 0.6 is 15.9 Å². The summed E-state index contributed by atoms with van der Waals surface area (Å²) < 4.78 is 7.80. The molecule has 0 saturated heterocycles. The summed E-state index contributed by atoms with van der Waals surface area (Å²) in [6.45, 7) is 4.23. The Morgan fingerprint density at radius 3 is 2.53 bits per heavy atom. The van der Waals surface area contributed by atoms with Crippen molar-refractivity contribution in [2.45, 2.75) is 13.8 Å². The van der Waals surface area contributed by atoms with Gasteiger partial charge in [-0.2, -0.15) is 0 Å². The van der Waals surface area contributed by atoms with E-state index in [-0.39, 0.29) is 5.97 Å². The molecule has 2 rings (SSSR count). The average molecular weight is 322 g/mol. The van der Waals surface area contributed by atoms with Gasteiger partial charge in [-0.05, 0) is 41.4 Å². The zero-order valence-electron chi connectivity index (χ0n) is 11.2. The van der Waals surface area contributed by atoms with Crippen LogP contribution in [0, 0.1) is 6.92 Å². The van der Waals surface area contributed by atoms with Crippen molar-refractivity contribution in [1.82, 2.24) is 4.57 Å². The van der Waals surface area contributed by atoms with Gasteiger partial charge >= 0.3 is 5.97 Å². The lowest BCUT2D eigenvalue weighted by Crippen LogP contribution is -2.10. The molecule has 0 radical (unpaired) electrons. The minimum absolute atomic E-state index is 0.302. The van der Waals surface area contributed by atoms with Gasteiger partial charge in [-0.3, -0.25) is 0 Å². The molecule has 100 valence electrons. The largest absolute Gasteiger partial charge is 0.461 e. The fraction of sp³-hybridized carbons (Fsp3) is 0.267. The standard InChI is InChI=1S/C15H16BrNO2/c1-4-19-15(18)13-9-12(16)14(17(13)3)11-7-5-10(2)6-8-11/h5-9H,4H2,1-3H3. The van der Waals surface area contributed by atoms with E-state index in [4.69, 9.17) is 4.74 Å². The number of aryl methyl sites for hydroxylation is 1. The number of carbonyl (C=O) groups excluding carboxylic acids is 1. The van der Waals surface area contributed by atoms with Crippen LogP contribution in [0.3, 0.4) is 0 Å². The first kappa shape index (κ1) is 13.9. The topological polar surface area (TPSA) is 31.2 Å². The second-order valence-electron chi connectivity index (χ2n) is 4.37. The summed E-state index contributed by atoms with van der Waals surface area (Å²) in [4.78, 5) is 11.9. The number of esters is 1. The highest BCUT2D eigenvalue weighted by Gasteiger charge is 2.18. The van der Waals surface area contributed by atoms with Crippen molar-refractivity contribution in [3.8, 4) is 11.3 Å². The van der Waals surface area contributed by atoms with E-state index >= 15 is 0 Å². The van der Waals surface area contributed by atoms with Gasteiger partial charge in [0.05, 0.1) is 12.3 Å². The first-order chi connectivity index (χ1) is 9.04. The molecular formula is C15H16BrNO2. The van der Waals surface area contributed by atoms with Crippen molar-refractivity contribution in [2.24, 2.45) is 7.05 Å². The molecule has 1 aromatic carbocycles. The van der Waals surface area contributed by atoms with Crippen molar-refractivity contribution in [3.05, 3.63) is 46.1 Å². The van der Waals surface area contributed by atoms with Crippen LogP contribution < -0.4 is 0 Å². The molecule has 0 spiro atoms. The Balaban J connectivity index is 2.47. The van der Waals surface area contributed by atoms with Gasteiger partial charge in [-0.1, -0.05) is 29.8 Å². The fourth-order valence-electron chi connectivity index (χ4n) is 2.01. The SMILES string of the molecule is CCOC(=O)c1cc(Br)c(-c2ccc(C)cc2)n1C. The minimum Gasteiger partial charge on any atom is -0.461 e. The van der Waals surface area contributed by atoms with E-state index in [1.54, 1.807) is 13.0 Å². The molecule has 0 N–H and O–H groups in total. The summed E-state index contributed by atoms with van der Waals surface area (Å²) in [5.41, 5.74) is 3.79.